The Morgan fingerprint density at radius 2 is 1.82 bits per heavy atom. The van der Waals surface area contributed by atoms with E-state index in [0.29, 0.717) is 6.61 Å². The highest BCUT2D eigenvalue weighted by Gasteiger charge is 2.19. The minimum Gasteiger partial charge on any atom is -0.488 e. The smallest absolute Gasteiger partial charge is 0.323 e. The second-order valence-electron chi connectivity index (χ2n) is 6.63. The van der Waals surface area contributed by atoms with Crippen LogP contribution >= 0.6 is 0 Å². The molecule has 4 aromatic rings. The Labute approximate surface area is 159 Å². The number of hydrogen-bond donors (Lipinski definition) is 2. The van der Waals surface area contributed by atoms with Crippen molar-refractivity contribution in [1.29, 1.82) is 0 Å². The molecular weight excluding hydrogens is 355 g/mol. The fraction of sp³-hybridized carbons (Fsp3) is 0.0435. The normalized spacial score (nSPS) is 12.5. The van der Waals surface area contributed by atoms with Gasteiger partial charge in [-0.05, 0) is 59.2 Å². The summed E-state index contributed by atoms with van der Waals surface area (Å²) in [5.41, 5.74) is 8.72. The molecule has 136 valence electrons. The van der Waals surface area contributed by atoms with Gasteiger partial charge >= 0.3 is 5.69 Å². The van der Waals surface area contributed by atoms with Crippen LogP contribution in [-0.4, -0.2) is 9.97 Å². The molecule has 0 atom stereocenters. The first-order valence-corrected chi connectivity index (χ1v) is 8.87. The lowest BCUT2D eigenvalue weighted by molar-refractivity contribution is 0.307. The summed E-state index contributed by atoms with van der Waals surface area (Å²) in [5.74, 6) is 0.434. The number of imidazole rings is 1. The van der Waals surface area contributed by atoms with Crippen molar-refractivity contribution in [3.8, 4) is 5.75 Å². The Bertz CT molecular complexity index is 1340. The molecule has 1 aliphatic heterocycles. The van der Waals surface area contributed by atoms with Crippen LogP contribution in [-0.2, 0) is 6.61 Å². The van der Waals surface area contributed by atoms with Crippen LogP contribution < -0.4 is 10.4 Å². The fourth-order valence-corrected chi connectivity index (χ4v) is 3.46. The van der Waals surface area contributed by atoms with Crippen LogP contribution in [0.2, 0.25) is 0 Å². The molecule has 1 aliphatic rings. The van der Waals surface area contributed by atoms with Crippen LogP contribution in [0.4, 0.5) is 4.39 Å². The molecule has 2 heterocycles. The number of rotatable bonds is 1. The van der Waals surface area contributed by atoms with Crippen molar-refractivity contribution in [3.05, 3.63) is 105 Å². The second kappa shape index (κ2) is 6.41. The van der Waals surface area contributed by atoms with Crippen molar-refractivity contribution in [2.24, 2.45) is 0 Å². The van der Waals surface area contributed by atoms with Crippen LogP contribution in [0.3, 0.4) is 0 Å². The molecule has 0 unspecified atom stereocenters. The largest absolute Gasteiger partial charge is 0.488 e. The Morgan fingerprint density at radius 1 is 0.964 bits per heavy atom. The first kappa shape index (κ1) is 16.4. The van der Waals surface area contributed by atoms with Gasteiger partial charge in [-0.2, -0.15) is 0 Å². The highest BCUT2D eigenvalue weighted by atomic mass is 19.1. The van der Waals surface area contributed by atoms with Crippen molar-refractivity contribution in [2.45, 2.75) is 6.61 Å². The van der Waals surface area contributed by atoms with Gasteiger partial charge in [0.15, 0.2) is 0 Å². The number of hydrogen-bond acceptors (Lipinski definition) is 2. The predicted molar refractivity (Wildman–Crippen MR) is 107 cm³/mol. The van der Waals surface area contributed by atoms with Crippen LogP contribution in [0.5, 0.6) is 5.75 Å². The van der Waals surface area contributed by atoms with Gasteiger partial charge < -0.3 is 14.7 Å². The van der Waals surface area contributed by atoms with Gasteiger partial charge in [-0.1, -0.05) is 24.3 Å². The number of halogens is 1. The number of benzene rings is 3. The van der Waals surface area contributed by atoms with E-state index in [1.165, 1.54) is 12.1 Å². The lowest BCUT2D eigenvalue weighted by atomic mass is 9.94. The molecule has 5 rings (SSSR count). The lowest BCUT2D eigenvalue weighted by Crippen LogP contribution is -1.99. The minimum absolute atomic E-state index is 0.242. The van der Waals surface area contributed by atoms with Gasteiger partial charge in [-0.15, -0.1) is 5.73 Å². The SMILES string of the molecule is O=c1[nH]c2ccc(C=C=C3c4cc(F)ccc4COc4ccccc43)cc2[nH]1. The molecule has 4 nitrogen and oxygen atoms in total. The van der Waals surface area contributed by atoms with Gasteiger partial charge in [-0.25, -0.2) is 9.18 Å². The van der Waals surface area contributed by atoms with Crippen molar-refractivity contribution >= 4 is 22.7 Å². The Balaban J connectivity index is 1.73. The second-order valence-corrected chi connectivity index (χ2v) is 6.63. The summed E-state index contributed by atoms with van der Waals surface area (Å²) in [7, 11) is 0. The van der Waals surface area contributed by atoms with Crippen molar-refractivity contribution in [1.82, 2.24) is 9.97 Å². The third kappa shape index (κ3) is 2.84. The molecular formula is C23H15FN2O2. The average Bonchev–Trinajstić information content (AvgIpc) is 2.99. The molecule has 0 bridgehead atoms. The maximum Gasteiger partial charge on any atom is 0.323 e. The standard InChI is InChI=1S/C23H15FN2O2/c24-16-8-7-15-13-28-22-4-2-1-3-18(22)17(19(15)12-16)9-5-14-6-10-20-21(11-14)26-23(27)25-20/h1-8,10-12H,13H2,(H2,25,26,27). The molecule has 1 aromatic heterocycles. The van der Waals surface area contributed by atoms with Gasteiger partial charge in [-0.3, -0.25) is 0 Å². The molecule has 28 heavy (non-hydrogen) atoms. The number of ether oxygens (including phenoxy) is 1. The van der Waals surface area contributed by atoms with E-state index < -0.39 is 0 Å². The van der Waals surface area contributed by atoms with E-state index in [0.717, 1.165) is 44.6 Å². The minimum atomic E-state index is -0.302. The number of fused-ring (bicyclic) bond motifs is 3. The topological polar surface area (TPSA) is 57.9 Å². The summed E-state index contributed by atoms with van der Waals surface area (Å²) >= 11 is 0. The number of H-pyrrole nitrogens is 2. The Morgan fingerprint density at radius 3 is 2.75 bits per heavy atom. The third-order valence-corrected chi connectivity index (χ3v) is 4.80. The van der Waals surface area contributed by atoms with E-state index >= 15 is 0 Å². The predicted octanol–water partition coefficient (Wildman–Crippen LogP) is 4.63. The van der Waals surface area contributed by atoms with Crippen LogP contribution in [0.1, 0.15) is 22.3 Å². The maximum atomic E-state index is 14.0. The Hall–Kier alpha value is -3.82. The van der Waals surface area contributed by atoms with Crippen LogP contribution in [0, 0.1) is 5.82 Å². The number of aromatic amines is 2. The zero-order valence-electron chi connectivity index (χ0n) is 14.8. The summed E-state index contributed by atoms with van der Waals surface area (Å²) in [4.78, 5) is 16.9. The third-order valence-electron chi connectivity index (χ3n) is 4.80. The summed E-state index contributed by atoms with van der Waals surface area (Å²) < 4.78 is 19.9. The molecule has 0 aliphatic carbocycles. The van der Waals surface area contributed by atoms with Gasteiger partial charge in [0.2, 0.25) is 0 Å². The van der Waals surface area contributed by atoms with Crippen LogP contribution in [0.15, 0.2) is 71.2 Å². The first-order chi connectivity index (χ1) is 13.7. The zero-order valence-corrected chi connectivity index (χ0v) is 14.8. The molecule has 0 spiro atoms. The summed E-state index contributed by atoms with van der Waals surface area (Å²) in [5, 5.41) is 0. The van der Waals surface area contributed by atoms with Crippen molar-refractivity contribution in [2.75, 3.05) is 0 Å². The summed E-state index contributed by atoms with van der Waals surface area (Å²) in [6.45, 7) is 0.369. The quantitative estimate of drug-likeness (QED) is 0.480. The monoisotopic (exact) mass is 370 g/mol. The maximum absolute atomic E-state index is 14.0. The van der Waals surface area contributed by atoms with Gasteiger partial charge in [0.25, 0.3) is 0 Å². The fourth-order valence-electron chi connectivity index (χ4n) is 3.46. The van der Waals surface area contributed by atoms with Gasteiger partial charge in [0.05, 0.1) is 11.0 Å². The van der Waals surface area contributed by atoms with E-state index in [9.17, 15) is 9.18 Å². The zero-order chi connectivity index (χ0) is 19.1. The summed E-state index contributed by atoms with van der Waals surface area (Å²) in [6.07, 6.45) is 1.83. The highest BCUT2D eigenvalue weighted by molar-refractivity contribution is 5.86. The first-order valence-electron chi connectivity index (χ1n) is 8.87. The van der Waals surface area contributed by atoms with E-state index in [1.54, 1.807) is 6.07 Å². The molecule has 0 amide bonds. The number of aromatic nitrogens is 2. The summed E-state index contributed by atoms with van der Waals surface area (Å²) in [6, 6.07) is 18.0. The highest BCUT2D eigenvalue weighted by Crippen LogP contribution is 2.36. The molecule has 0 radical (unpaired) electrons. The Kier molecular flexibility index (Phi) is 3.75. The van der Waals surface area contributed by atoms with Crippen molar-refractivity contribution < 1.29 is 9.13 Å². The van der Waals surface area contributed by atoms with Crippen LogP contribution in [0.25, 0.3) is 22.7 Å². The molecule has 5 heteroatoms. The number of nitrogens with one attached hydrogen (secondary N) is 2. The van der Waals surface area contributed by atoms with Gasteiger partial charge in [0.1, 0.15) is 18.2 Å². The number of para-hydroxylation sites is 1. The van der Waals surface area contributed by atoms with E-state index in [-0.39, 0.29) is 11.5 Å². The molecule has 3 aromatic carbocycles. The molecule has 0 fully saturated rings. The lowest BCUT2D eigenvalue weighted by Gasteiger charge is -2.07. The van der Waals surface area contributed by atoms with Gasteiger partial charge in [0, 0.05) is 11.1 Å². The van der Waals surface area contributed by atoms with Crippen molar-refractivity contribution in [3.63, 3.8) is 0 Å². The van der Waals surface area contributed by atoms with E-state index in [2.05, 4.69) is 15.7 Å². The molecule has 0 saturated carbocycles. The molecule has 2 N–H and O–H groups in total. The molecule has 0 saturated heterocycles. The van der Waals surface area contributed by atoms with E-state index in [1.807, 2.05) is 48.5 Å². The average molecular weight is 370 g/mol. The van der Waals surface area contributed by atoms with E-state index in [4.69, 9.17) is 4.74 Å².